The number of hydrogen-bond acceptors (Lipinski definition) is 0. The van der Waals surface area contributed by atoms with Crippen molar-refractivity contribution in [3.05, 3.63) is 12.7 Å². The lowest BCUT2D eigenvalue weighted by atomic mass is 9.85. The van der Waals surface area contributed by atoms with Gasteiger partial charge in [0.15, 0.2) is 0 Å². The minimum atomic E-state index is 0.867. The minimum Gasteiger partial charge on any atom is -0.103 e. The van der Waals surface area contributed by atoms with Gasteiger partial charge in [-0.1, -0.05) is 104 Å². The molecule has 0 saturated heterocycles. The molecule has 0 saturated carbocycles. The van der Waals surface area contributed by atoms with Crippen LogP contribution in [0.15, 0.2) is 12.7 Å². The molecule has 0 bridgehead atoms. The number of allylic oxidation sites excluding steroid dienone is 1. The second kappa shape index (κ2) is 16.1. The van der Waals surface area contributed by atoms with Gasteiger partial charge in [0.05, 0.1) is 0 Å². The maximum atomic E-state index is 3.92. The van der Waals surface area contributed by atoms with Gasteiger partial charge in [0.25, 0.3) is 0 Å². The molecule has 21 heavy (non-hydrogen) atoms. The predicted molar refractivity (Wildman–Crippen MR) is 98.8 cm³/mol. The van der Waals surface area contributed by atoms with E-state index in [1.807, 2.05) is 0 Å². The lowest BCUT2D eigenvalue weighted by molar-refractivity contribution is 0.318. The molecular formula is C21H42. The van der Waals surface area contributed by atoms with Gasteiger partial charge in [-0.3, -0.25) is 0 Å². The van der Waals surface area contributed by atoms with Crippen LogP contribution in [0.25, 0.3) is 0 Å². The van der Waals surface area contributed by atoms with Gasteiger partial charge < -0.3 is 0 Å². The van der Waals surface area contributed by atoms with Crippen molar-refractivity contribution >= 4 is 0 Å². The summed E-state index contributed by atoms with van der Waals surface area (Å²) in [6, 6.07) is 0. The standard InChI is InChI=1S/C21H42/c1-5-8-9-10-11-12-13-14-15-16-17-19-21(18-6-2)20(4)7-3/h6,20-21H,2,5,7-19H2,1,3-4H3. The van der Waals surface area contributed by atoms with Gasteiger partial charge in [-0.15, -0.1) is 6.58 Å². The van der Waals surface area contributed by atoms with Crippen molar-refractivity contribution in [2.45, 2.75) is 111 Å². The highest BCUT2D eigenvalue weighted by atomic mass is 14.2. The van der Waals surface area contributed by atoms with Crippen molar-refractivity contribution in [3.8, 4) is 0 Å². The van der Waals surface area contributed by atoms with Crippen LogP contribution in [0, 0.1) is 11.8 Å². The molecule has 0 spiro atoms. The van der Waals surface area contributed by atoms with Crippen LogP contribution >= 0.6 is 0 Å². The van der Waals surface area contributed by atoms with Crippen LogP contribution in [0.1, 0.15) is 111 Å². The molecule has 0 aromatic heterocycles. The largest absolute Gasteiger partial charge is 0.103 e. The van der Waals surface area contributed by atoms with Crippen molar-refractivity contribution in [2.75, 3.05) is 0 Å². The fourth-order valence-electron chi connectivity index (χ4n) is 3.25. The lowest BCUT2D eigenvalue weighted by Gasteiger charge is -2.21. The summed E-state index contributed by atoms with van der Waals surface area (Å²) in [4.78, 5) is 0. The summed E-state index contributed by atoms with van der Waals surface area (Å²) < 4.78 is 0. The Balaban J connectivity index is 3.35. The molecule has 0 aliphatic heterocycles. The SMILES string of the molecule is C=CCC(CCCCCCCCCCCCC)C(C)CC. The van der Waals surface area contributed by atoms with Crippen molar-refractivity contribution in [2.24, 2.45) is 11.8 Å². The van der Waals surface area contributed by atoms with Crippen LogP contribution < -0.4 is 0 Å². The Bertz CT molecular complexity index is 206. The van der Waals surface area contributed by atoms with Crippen LogP contribution in [0.5, 0.6) is 0 Å². The molecule has 0 fully saturated rings. The lowest BCUT2D eigenvalue weighted by Crippen LogP contribution is -2.10. The number of unbranched alkanes of at least 4 members (excludes halogenated alkanes) is 10. The van der Waals surface area contributed by atoms with E-state index in [0.717, 1.165) is 11.8 Å². The van der Waals surface area contributed by atoms with Crippen LogP contribution in [-0.4, -0.2) is 0 Å². The Morgan fingerprint density at radius 2 is 1.24 bits per heavy atom. The van der Waals surface area contributed by atoms with Crippen molar-refractivity contribution in [3.63, 3.8) is 0 Å². The summed E-state index contributed by atoms with van der Waals surface area (Å²) in [7, 11) is 0. The third kappa shape index (κ3) is 13.1. The minimum absolute atomic E-state index is 0.867. The molecule has 2 atom stereocenters. The van der Waals surface area contributed by atoms with Gasteiger partial charge in [0.2, 0.25) is 0 Å². The van der Waals surface area contributed by atoms with E-state index < -0.39 is 0 Å². The zero-order valence-corrected chi connectivity index (χ0v) is 15.3. The maximum absolute atomic E-state index is 3.92. The highest BCUT2D eigenvalue weighted by molar-refractivity contribution is 4.76. The average Bonchev–Trinajstić information content (AvgIpc) is 2.50. The molecule has 0 heterocycles. The fraction of sp³-hybridized carbons (Fsp3) is 0.905. The predicted octanol–water partition coefficient (Wildman–Crippen LogP) is 7.93. The topological polar surface area (TPSA) is 0 Å². The molecule has 0 heteroatoms. The molecule has 2 unspecified atom stereocenters. The second-order valence-electron chi connectivity index (χ2n) is 6.99. The Morgan fingerprint density at radius 3 is 1.67 bits per heavy atom. The van der Waals surface area contributed by atoms with E-state index in [9.17, 15) is 0 Å². The van der Waals surface area contributed by atoms with E-state index in [1.165, 1.54) is 89.9 Å². The zero-order chi connectivity index (χ0) is 15.8. The Morgan fingerprint density at radius 1 is 0.762 bits per heavy atom. The first kappa shape index (κ1) is 20.7. The quantitative estimate of drug-likeness (QED) is 0.200. The summed E-state index contributed by atoms with van der Waals surface area (Å²) in [5.41, 5.74) is 0. The molecule has 0 aliphatic carbocycles. The Kier molecular flexibility index (Phi) is 15.9. The van der Waals surface area contributed by atoms with Gasteiger partial charge in [0.1, 0.15) is 0 Å². The van der Waals surface area contributed by atoms with Gasteiger partial charge in [-0.05, 0) is 24.7 Å². The molecule has 126 valence electrons. The number of rotatable bonds is 16. The second-order valence-corrected chi connectivity index (χ2v) is 6.99. The molecule has 0 aromatic rings. The van der Waals surface area contributed by atoms with E-state index in [1.54, 1.807) is 0 Å². The first-order valence-electron chi connectivity index (χ1n) is 9.87. The normalized spacial score (nSPS) is 14.0. The molecular weight excluding hydrogens is 252 g/mol. The Hall–Kier alpha value is -0.260. The van der Waals surface area contributed by atoms with E-state index in [2.05, 4.69) is 33.4 Å². The van der Waals surface area contributed by atoms with Gasteiger partial charge in [-0.25, -0.2) is 0 Å². The van der Waals surface area contributed by atoms with E-state index in [-0.39, 0.29) is 0 Å². The maximum Gasteiger partial charge on any atom is -0.0322 e. The van der Waals surface area contributed by atoms with Crippen LogP contribution in [0.3, 0.4) is 0 Å². The molecule has 0 rings (SSSR count). The highest BCUT2D eigenvalue weighted by Crippen LogP contribution is 2.25. The monoisotopic (exact) mass is 294 g/mol. The van der Waals surface area contributed by atoms with Crippen molar-refractivity contribution in [1.29, 1.82) is 0 Å². The third-order valence-electron chi connectivity index (χ3n) is 5.10. The molecule has 0 amide bonds. The van der Waals surface area contributed by atoms with Gasteiger partial charge in [-0.2, -0.15) is 0 Å². The third-order valence-corrected chi connectivity index (χ3v) is 5.10. The highest BCUT2D eigenvalue weighted by Gasteiger charge is 2.13. The van der Waals surface area contributed by atoms with Gasteiger partial charge >= 0.3 is 0 Å². The van der Waals surface area contributed by atoms with Crippen LogP contribution in [0.2, 0.25) is 0 Å². The van der Waals surface area contributed by atoms with Crippen molar-refractivity contribution < 1.29 is 0 Å². The van der Waals surface area contributed by atoms with E-state index in [4.69, 9.17) is 0 Å². The molecule has 0 aromatic carbocycles. The molecule has 0 nitrogen and oxygen atoms in total. The summed E-state index contributed by atoms with van der Waals surface area (Å²) in [6.45, 7) is 10.9. The fourth-order valence-corrected chi connectivity index (χ4v) is 3.25. The first-order valence-corrected chi connectivity index (χ1v) is 9.87. The summed E-state index contributed by atoms with van der Waals surface area (Å²) in [5.74, 6) is 1.75. The van der Waals surface area contributed by atoms with E-state index in [0.29, 0.717) is 0 Å². The van der Waals surface area contributed by atoms with Crippen LogP contribution in [-0.2, 0) is 0 Å². The first-order chi connectivity index (χ1) is 10.3. The van der Waals surface area contributed by atoms with Crippen molar-refractivity contribution in [1.82, 2.24) is 0 Å². The van der Waals surface area contributed by atoms with E-state index >= 15 is 0 Å². The zero-order valence-electron chi connectivity index (χ0n) is 15.3. The Labute approximate surface area is 135 Å². The molecule has 0 aliphatic rings. The van der Waals surface area contributed by atoms with Crippen LogP contribution in [0.4, 0.5) is 0 Å². The summed E-state index contributed by atoms with van der Waals surface area (Å²) >= 11 is 0. The summed E-state index contributed by atoms with van der Waals surface area (Å²) in [5, 5.41) is 0. The smallest absolute Gasteiger partial charge is 0.0322 e. The van der Waals surface area contributed by atoms with Gasteiger partial charge in [0, 0.05) is 0 Å². The number of hydrogen-bond donors (Lipinski definition) is 0. The summed E-state index contributed by atoms with van der Waals surface area (Å²) in [6.07, 6.45) is 22.0. The molecule has 0 radical (unpaired) electrons. The average molecular weight is 295 g/mol. The molecule has 0 N–H and O–H groups in total.